The monoisotopic (exact) mass is 432 g/mol. The fraction of sp³-hybridized carbons (Fsp3) is 0.200. The van der Waals surface area contributed by atoms with E-state index in [2.05, 4.69) is 20.9 Å². The van der Waals surface area contributed by atoms with Crippen molar-refractivity contribution in [1.82, 2.24) is 9.88 Å². The molecule has 0 aliphatic carbocycles. The number of nitrogens with zero attached hydrogens (tertiary/aromatic N) is 2. The smallest absolute Gasteiger partial charge is 0.223 e. The van der Waals surface area contributed by atoms with Gasteiger partial charge in [-0.1, -0.05) is 57.9 Å². The largest absolute Gasteiger partial charge is 0.441 e. The lowest BCUT2D eigenvalue weighted by molar-refractivity contribution is -0.130. The lowest BCUT2D eigenvalue weighted by atomic mass is 10.2. The molecule has 0 bridgehead atoms. The quantitative estimate of drug-likeness (QED) is 0.526. The molecule has 0 spiro atoms. The number of aryl methyl sites for hydroxylation is 1. The van der Waals surface area contributed by atoms with Gasteiger partial charge in [-0.3, -0.25) is 4.79 Å². The molecule has 0 unspecified atom stereocenters. The summed E-state index contributed by atoms with van der Waals surface area (Å²) < 4.78 is 6.74. The highest BCUT2D eigenvalue weighted by Gasteiger charge is 2.14. The normalized spacial score (nSPS) is 10.7. The second kappa shape index (κ2) is 8.52. The maximum Gasteiger partial charge on any atom is 0.223 e. The van der Waals surface area contributed by atoms with Crippen molar-refractivity contribution >= 4 is 33.4 Å². The summed E-state index contributed by atoms with van der Waals surface area (Å²) in [6.07, 6.45) is 2.43. The highest BCUT2D eigenvalue weighted by atomic mass is 79.9. The molecule has 1 amide bonds. The number of aromatic nitrogens is 1. The van der Waals surface area contributed by atoms with Crippen molar-refractivity contribution in [3.8, 4) is 11.3 Å². The Balaban J connectivity index is 1.58. The van der Waals surface area contributed by atoms with Crippen molar-refractivity contribution in [3.05, 3.63) is 75.7 Å². The van der Waals surface area contributed by atoms with Crippen molar-refractivity contribution in [2.24, 2.45) is 0 Å². The molecule has 2 aromatic carbocycles. The predicted octanol–water partition coefficient (Wildman–Crippen LogP) is 5.35. The van der Waals surface area contributed by atoms with E-state index in [4.69, 9.17) is 16.0 Å². The van der Waals surface area contributed by atoms with Crippen LogP contribution in [0.4, 0.5) is 0 Å². The molecule has 0 fully saturated rings. The van der Waals surface area contributed by atoms with Gasteiger partial charge in [-0.15, -0.1) is 0 Å². The molecular formula is C20H18BrClN2O2. The van der Waals surface area contributed by atoms with Crippen LogP contribution in [-0.2, 0) is 17.8 Å². The number of oxazole rings is 1. The molecular weight excluding hydrogens is 416 g/mol. The van der Waals surface area contributed by atoms with Gasteiger partial charge in [-0.2, -0.15) is 0 Å². The van der Waals surface area contributed by atoms with E-state index in [1.807, 2.05) is 42.5 Å². The Kier molecular flexibility index (Phi) is 6.12. The molecule has 0 atom stereocenters. The van der Waals surface area contributed by atoms with E-state index in [1.165, 1.54) is 0 Å². The van der Waals surface area contributed by atoms with Crippen LogP contribution in [0.25, 0.3) is 11.3 Å². The number of benzene rings is 2. The Labute approximate surface area is 165 Å². The average molecular weight is 434 g/mol. The standard InChI is InChI=1S/C20H18BrClN2O2/c1-24(13-14-6-2-4-8-16(14)21)20(25)11-10-19-23-12-18(26-19)15-7-3-5-9-17(15)22/h2-9,12H,10-11,13H2,1H3. The summed E-state index contributed by atoms with van der Waals surface area (Å²) in [6, 6.07) is 15.3. The van der Waals surface area contributed by atoms with Gasteiger partial charge in [0, 0.05) is 36.5 Å². The van der Waals surface area contributed by atoms with Gasteiger partial charge in [0.2, 0.25) is 5.91 Å². The van der Waals surface area contributed by atoms with E-state index in [0.29, 0.717) is 36.1 Å². The topological polar surface area (TPSA) is 46.3 Å². The summed E-state index contributed by atoms with van der Waals surface area (Å²) in [6.45, 7) is 0.552. The Morgan fingerprint density at radius 3 is 2.69 bits per heavy atom. The summed E-state index contributed by atoms with van der Waals surface area (Å²) in [7, 11) is 1.80. The third-order valence-electron chi connectivity index (χ3n) is 4.04. The maximum atomic E-state index is 12.4. The van der Waals surface area contributed by atoms with Crippen LogP contribution in [-0.4, -0.2) is 22.8 Å². The second-order valence-corrected chi connectivity index (χ2v) is 7.20. The molecule has 0 saturated heterocycles. The zero-order valence-corrected chi connectivity index (χ0v) is 16.6. The van der Waals surface area contributed by atoms with E-state index in [9.17, 15) is 4.79 Å². The Bertz CT molecular complexity index is 910. The van der Waals surface area contributed by atoms with E-state index in [0.717, 1.165) is 15.6 Å². The number of hydrogen-bond donors (Lipinski definition) is 0. The van der Waals surface area contributed by atoms with Crippen LogP contribution in [0.2, 0.25) is 5.02 Å². The number of carbonyl (C=O) groups excluding carboxylic acids is 1. The number of amides is 1. The second-order valence-electron chi connectivity index (χ2n) is 5.94. The lowest BCUT2D eigenvalue weighted by Crippen LogP contribution is -2.26. The summed E-state index contributed by atoms with van der Waals surface area (Å²) >= 11 is 9.68. The van der Waals surface area contributed by atoms with Gasteiger partial charge in [0.15, 0.2) is 11.7 Å². The van der Waals surface area contributed by atoms with E-state index >= 15 is 0 Å². The summed E-state index contributed by atoms with van der Waals surface area (Å²) in [4.78, 5) is 18.3. The highest BCUT2D eigenvalue weighted by molar-refractivity contribution is 9.10. The molecule has 3 rings (SSSR count). The van der Waals surface area contributed by atoms with Gasteiger partial charge in [0.1, 0.15) is 0 Å². The molecule has 1 aromatic heterocycles. The van der Waals surface area contributed by atoms with E-state index in [-0.39, 0.29) is 5.91 Å². The van der Waals surface area contributed by atoms with Crippen LogP contribution in [0.3, 0.4) is 0 Å². The van der Waals surface area contributed by atoms with Crippen molar-refractivity contribution < 1.29 is 9.21 Å². The first-order valence-electron chi connectivity index (χ1n) is 8.21. The number of carbonyl (C=O) groups is 1. The summed E-state index contributed by atoms with van der Waals surface area (Å²) in [5.41, 5.74) is 1.87. The van der Waals surface area contributed by atoms with Crippen LogP contribution < -0.4 is 0 Å². The molecule has 3 aromatic rings. The van der Waals surface area contributed by atoms with Gasteiger partial charge in [-0.25, -0.2) is 4.98 Å². The first-order chi connectivity index (χ1) is 12.5. The van der Waals surface area contributed by atoms with Crippen LogP contribution in [0, 0.1) is 0 Å². The van der Waals surface area contributed by atoms with Crippen LogP contribution >= 0.6 is 27.5 Å². The zero-order chi connectivity index (χ0) is 18.5. The van der Waals surface area contributed by atoms with Gasteiger partial charge < -0.3 is 9.32 Å². The Morgan fingerprint density at radius 2 is 1.92 bits per heavy atom. The van der Waals surface area contributed by atoms with Gasteiger partial charge in [0.05, 0.1) is 11.2 Å². The van der Waals surface area contributed by atoms with Crippen molar-refractivity contribution in [2.75, 3.05) is 7.05 Å². The average Bonchev–Trinajstić information content (AvgIpc) is 3.10. The van der Waals surface area contributed by atoms with E-state index in [1.54, 1.807) is 24.2 Å². The minimum Gasteiger partial charge on any atom is -0.441 e. The number of halogens is 2. The predicted molar refractivity (Wildman–Crippen MR) is 106 cm³/mol. The van der Waals surface area contributed by atoms with Gasteiger partial charge >= 0.3 is 0 Å². The molecule has 26 heavy (non-hydrogen) atoms. The molecule has 1 heterocycles. The molecule has 0 aliphatic rings. The van der Waals surface area contributed by atoms with E-state index < -0.39 is 0 Å². The zero-order valence-electron chi connectivity index (χ0n) is 14.3. The molecule has 6 heteroatoms. The number of rotatable bonds is 6. The van der Waals surface area contributed by atoms with Crippen molar-refractivity contribution in [2.45, 2.75) is 19.4 Å². The Hall–Kier alpha value is -2.11. The van der Waals surface area contributed by atoms with Crippen LogP contribution in [0.5, 0.6) is 0 Å². The minimum atomic E-state index is 0.0400. The third-order valence-corrected chi connectivity index (χ3v) is 5.14. The molecule has 4 nitrogen and oxygen atoms in total. The maximum absolute atomic E-state index is 12.4. The molecule has 0 aliphatic heterocycles. The third kappa shape index (κ3) is 4.54. The molecule has 0 saturated carbocycles. The Morgan fingerprint density at radius 1 is 1.19 bits per heavy atom. The fourth-order valence-corrected chi connectivity index (χ4v) is 3.23. The lowest BCUT2D eigenvalue weighted by Gasteiger charge is -2.17. The van der Waals surface area contributed by atoms with Crippen molar-refractivity contribution in [1.29, 1.82) is 0 Å². The summed E-state index contributed by atoms with van der Waals surface area (Å²) in [5.74, 6) is 1.18. The van der Waals surface area contributed by atoms with Crippen LogP contribution in [0.15, 0.2) is 63.6 Å². The molecule has 134 valence electrons. The first-order valence-corrected chi connectivity index (χ1v) is 9.38. The number of hydrogen-bond acceptors (Lipinski definition) is 3. The van der Waals surface area contributed by atoms with Gasteiger partial charge in [-0.05, 0) is 23.8 Å². The van der Waals surface area contributed by atoms with Gasteiger partial charge in [0.25, 0.3) is 0 Å². The van der Waals surface area contributed by atoms with Crippen molar-refractivity contribution in [3.63, 3.8) is 0 Å². The molecule has 0 radical (unpaired) electrons. The first kappa shape index (κ1) is 18.7. The summed E-state index contributed by atoms with van der Waals surface area (Å²) in [5, 5.41) is 0.611. The molecule has 0 N–H and O–H groups in total. The highest BCUT2D eigenvalue weighted by Crippen LogP contribution is 2.28. The van der Waals surface area contributed by atoms with Crippen LogP contribution in [0.1, 0.15) is 17.9 Å². The minimum absolute atomic E-state index is 0.0400. The SMILES string of the molecule is CN(Cc1ccccc1Br)C(=O)CCc1ncc(-c2ccccc2Cl)o1. The fourth-order valence-electron chi connectivity index (χ4n) is 2.59.